The normalized spacial score (nSPS) is 14.2. The number of rotatable bonds is 3. The minimum Gasteiger partial charge on any atom is -1.00 e. The number of fused-ring (bicyclic) bond motifs is 3. The van der Waals surface area contributed by atoms with Gasteiger partial charge in [-0.15, -0.1) is 39.7 Å². The fourth-order valence-corrected chi connectivity index (χ4v) is 6.75. The minimum absolute atomic E-state index is 0. The molecule has 1 aliphatic carbocycles. The Morgan fingerprint density at radius 2 is 1.02 bits per heavy atom. The summed E-state index contributed by atoms with van der Waals surface area (Å²) in [6.07, 6.45) is 7.90. The molecule has 1 unspecified atom stereocenters. The summed E-state index contributed by atoms with van der Waals surface area (Å²) < 4.78 is 1.31. The van der Waals surface area contributed by atoms with Crippen molar-refractivity contribution in [3.05, 3.63) is 147 Å². The summed E-state index contributed by atoms with van der Waals surface area (Å²) in [6, 6.07) is 32.0. The molecule has 0 spiro atoms. The van der Waals surface area contributed by atoms with Crippen LogP contribution < -0.4 is 24.8 Å². The van der Waals surface area contributed by atoms with Crippen molar-refractivity contribution in [3.63, 3.8) is 0 Å². The average Bonchev–Trinajstić information content (AvgIpc) is 3.67. The predicted molar refractivity (Wildman–Crippen MR) is 214 cm³/mol. The smallest absolute Gasteiger partial charge is 1.00 e. The van der Waals surface area contributed by atoms with Crippen molar-refractivity contribution < 1.29 is 49.0 Å². The first kappa shape index (κ1) is 45.3. The molecule has 51 heavy (non-hydrogen) atoms. The van der Waals surface area contributed by atoms with Gasteiger partial charge in [-0.25, -0.2) is 6.08 Å². The van der Waals surface area contributed by atoms with Gasteiger partial charge in [0, 0.05) is 0 Å². The van der Waals surface area contributed by atoms with E-state index in [-0.39, 0.29) is 41.1 Å². The Balaban J connectivity index is 0.000000270. The molecule has 270 valence electrons. The van der Waals surface area contributed by atoms with Gasteiger partial charge < -0.3 is 24.8 Å². The van der Waals surface area contributed by atoms with E-state index in [1.54, 1.807) is 0 Å². The van der Waals surface area contributed by atoms with Crippen LogP contribution >= 0.6 is 23.2 Å². The van der Waals surface area contributed by atoms with Crippen molar-refractivity contribution in [2.24, 2.45) is 17.3 Å². The summed E-state index contributed by atoms with van der Waals surface area (Å²) in [7, 11) is 0. The molecule has 0 saturated heterocycles. The van der Waals surface area contributed by atoms with E-state index in [1.807, 2.05) is 48.5 Å². The fraction of sp³-hybridized carbons (Fsp3) is 0.348. The van der Waals surface area contributed by atoms with Crippen LogP contribution in [0, 0.1) is 23.3 Å². The largest absolute Gasteiger partial charge is 1.00 e. The van der Waals surface area contributed by atoms with Crippen LogP contribution in [-0.4, -0.2) is 3.21 Å². The van der Waals surface area contributed by atoms with Gasteiger partial charge in [-0.2, -0.15) is 11.6 Å². The summed E-state index contributed by atoms with van der Waals surface area (Å²) in [5.41, 5.74) is 7.36. The van der Waals surface area contributed by atoms with Gasteiger partial charge in [-0.05, 0) is 10.8 Å². The molecule has 0 nitrogen and oxygen atoms in total. The van der Waals surface area contributed by atoms with Crippen molar-refractivity contribution >= 4 is 48.0 Å². The van der Waals surface area contributed by atoms with Crippen LogP contribution in [0.25, 0.3) is 21.5 Å². The van der Waals surface area contributed by atoms with E-state index in [1.165, 1.54) is 76.8 Å². The van der Waals surface area contributed by atoms with Crippen LogP contribution in [0.3, 0.4) is 0 Å². The van der Waals surface area contributed by atoms with Crippen LogP contribution in [-0.2, 0) is 35.1 Å². The third-order valence-corrected chi connectivity index (χ3v) is 11.0. The average molecular weight is 838 g/mol. The Hall–Kier alpha value is -1.86. The first-order chi connectivity index (χ1) is 22.7. The molecular formula is C46H52Cl4Zr-2. The Bertz CT molecular complexity index is 1840. The van der Waals surface area contributed by atoms with Crippen LogP contribution in [0.2, 0.25) is 10.0 Å². The molecule has 1 atom stereocenters. The summed E-state index contributed by atoms with van der Waals surface area (Å²) in [5.74, 6) is 1.22. The van der Waals surface area contributed by atoms with Gasteiger partial charge in [0.05, 0.1) is 0 Å². The second kappa shape index (κ2) is 18.5. The standard InChI is InChI=1S/C21H25.C13H8Cl2.C12H19.2ClH.Zr/c1-20(2,3)16-7-9-18-14(12-16)11-15-13-17(21(4,5)6)8-10-19(15)18;14-12-5-1-10(2-6-12)9-11-3-7-13(15)8-4-11;1-9(2)10-6-7-11(8-10)12(3,4)5;;;/h7-13H,1-6H3;1-8H;7-10H,1-5H3;2*1H;/q-1;;-1;;;+2/p-2. The molecule has 0 fully saturated rings. The number of benzene rings is 4. The van der Waals surface area contributed by atoms with E-state index in [0.29, 0.717) is 11.8 Å². The number of allylic oxidation sites excluding steroid dienone is 4. The number of halogens is 4. The minimum atomic E-state index is 0. The molecular weight excluding hydrogens is 786 g/mol. The van der Waals surface area contributed by atoms with Crippen molar-refractivity contribution in [2.75, 3.05) is 0 Å². The van der Waals surface area contributed by atoms with Gasteiger partial charge in [-0.1, -0.05) is 129 Å². The molecule has 0 saturated carbocycles. The summed E-state index contributed by atoms with van der Waals surface area (Å²) in [6.45, 7) is 24.9. The van der Waals surface area contributed by atoms with E-state index >= 15 is 0 Å². The molecule has 5 aromatic rings. The molecule has 0 N–H and O–H groups in total. The third kappa shape index (κ3) is 12.3. The molecule has 5 aromatic carbocycles. The number of hydrogen-bond donors (Lipinski definition) is 0. The van der Waals surface area contributed by atoms with E-state index in [4.69, 9.17) is 23.2 Å². The first-order valence-corrected chi connectivity index (χ1v) is 19.3. The van der Waals surface area contributed by atoms with Gasteiger partial charge in [0.1, 0.15) is 0 Å². The van der Waals surface area contributed by atoms with Gasteiger partial charge >= 0.3 is 120 Å². The maximum atomic E-state index is 5.86. The van der Waals surface area contributed by atoms with Crippen molar-refractivity contribution in [1.29, 1.82) is 0 Å². The summed E-state index contributed by atoms with van der Waals surface area (Å²) in [4.78, 5) is 0. The zero-order valence-corrected chi connectivity index (χ0v) is 37.5. The molecule has 1 aliphatic rings. The molecule has 0 bridgehead atoms. The topological polar surface area (TPSA) is 0 Å². The van der Waals surface area contributed by atoms with Crippen molar-refractivity contribution in [3.8, 4) is 0 Å². The summed E-state index contributed by atoms with van der Waals surface area (Å²) >= 11 is 13.1. The predicted octanol–water partition coefficient (Wildman–Crippen LogP) is 8.03. The maximum absolute atomic E-state index is 5.86. The summed E-state index contributed by atoms with van der Waals surface area (Å²) in [5, 5.41) is 7.01. The van der Waals surface area contributed by atoms with Crippen LogP contribution in [0.1, 0.15) is 98.4 Å². The van der Waals surface area contributed by atoms with Gasteiger partial charge in [0.15, 0.2) is 0 Å². The van der Waals surface area contributed by atoms with Gasteiger partial charge in [-0.3, -0.25) is 6.08 Å². The van der Waals surface area contributed by atoms with Crippen molar-refractivity contribution in [2.45, 2.75) is 87.0 Å². The third-order valence-electron chi connectivity index (χ3n) is 9.08. The Labute approximate surface area is 345 Å². The van der Waals surface area contributed by atoms with Crippen molar-refractivity contribution in [1.82, 2.24) is 0 Å². The number of hydrogen-bond acceptors (Lipinski definition) is 0. The fourth-order valence-electron chi connectivity index (χ4n) is 5.68. The Kier molecular flexibility index (Phi) is 16.4. The van der Waals surface area contributed by atoms with E-state index in [9.17, 15) is 0 Å². The van der Waals surface area contributed by atoms with Crippen LogP contribution in [0.5, 0.6) is 0 Å². The molecule has 5 heteroatoms. The van der Waals surface area contributed by atoms with E-state index < -0.39 is 0 Å². The molecule has 0 heterocycles. The zero-order valence-electron chi connectivity index (χ0n) is 32.0. The Morgan fingerprint density at radius 3 is 1.31 bits per heavy atom. The second-order valence-corrected chi connectivity index (χ2v) is 18.7. The molecule has 0 radical (unpaired) electrons. The maximum Gasteiger partial charge on any atom is -1.00 e. The molecule has 0 aliphatic heterocycles. The quantitative estimate of drug-likeness (QED) is 0.162. The molecule has 0 aromatic heterocycles. The SMILES string of the molecule is CC(C)(C)c1ccc2c(c1)[cH-]c1cc(C(C)(C)C)ccc12.CC(C)C1[C-]=CC(C(C)(C)C)=C1.Clc1ccc([C](=[Zr+2])c2ccc(Cl)cc2)cc1.[Cl-].[Cl-]. The second-order valence-electron chi connectivity index (χ2n) is 16.6. The van der Waals surface area contributed by atoms with Gasteiger partial charge in [0.2, 0.25) is 0 Å². The molecule has 0 amide bonds. The Morgan fingerprint density at radius 1 is 0.627 bits per heavy atom. The molecule has 6 rings (SSSR count). The van der Waals surface area contributed by atoms with Crippen LogP contribution in [0.15, 0.2) is 109 Å². The van der Waals surface area contributed by atoms with Crippen LogP contribution in [0.4, 0.5) is 0 Å². The van der Waals surface area contributed by atoms with E-state index in [0.717, 1.165) is 10.0 Å². The van der Waals surface area contributed by atoms with E-state index in [2.05, 4.69) is 137 Å². The van der Waals surface area contributed by atoms with Gasteiger partial charge in [0.25, 0.3) is 0 Å². The first-order valence-electron chi connectivity index (χ1n) is 17.3. The monoisotopic (exact) mass is 834 g/mol. The zero-order chi connectivity index (χ0) is 36.3.